The Morgan fingerprint density at radius 3 is 2.52 bits per heavy atom. The molecule has 0 spiro atoms. The number of carbonyl (C=O) groups is 1. The van der Waals surface area contributed by atoms with Gasteiger partial charge >= 0.3 is 0 Å². The molecule has 25 heavy (non-hydrogen) atoms. The predicted octanol–water partition coefficient (Wildman–Crippen LogP) is 3.31. The van der Waals surface area contributed by atoms with Crippen molar-refractivity contribution in [2.45, 2.75) is 6.92 Å². The summed E-state index contributed by atoms with van der Waals surface area (Å²) in [4.78, 5) is 12.5. The summed E-state index contributed by atoms with van der Waals surface area (Å²) in [7, 11) is 3.15. The van der Waals surface area contributed by atoms with E-state index in [1.165, 1.54) is 0 Å². The van der Waals surface area contributed by atoms with Gasteiger partial charge in [-0.3, -0.25) is 4.79 Å². The van der Waals surface area contributed by atoms with Crippen molar-refractivity contribution in [3.8, 4) is 22.8 Å². The van der Waals surface area contributed by atoms with Gasteiger partial charge in [0.15, 0.2) is 5.69 Å². The molecule has 0 unspecified atom stereocenters. The SMILES string of the molecule is COc1cccc(C(=O)Nc2nonc2-c2ccc(OC)cc2C)c1. The number of aromatic nitrogens is 2. The lowest BCUT2D eigenvalue weighted by molar-refractivity contribution is 0.102. The lowest BCUT2D eigenvalue weighted by Crippen LogP contribution is -2.13. The quantitative estimate of drug-likeness (QED) is 0.767. The van der Waals surface area contributed by atoms with Gasteiger partial charge in [-0.15, -0.1) is 0 Å². The van der Waals surface area contributed by atoms with E-state index < -0.39 is 0 Å². The number of hydrogen-bond acceptors (Lipinski definition) is 6. The number of nitrogens with one attached hydrogen (secondary N) is 1. The smallest absolute Gasteiger partial charge is 0.257 e. The molecule has 0 saturated carbocycles. The Kier molecular flexibility index (Phi) is 4.65. The Morgan fingerprint density at radius 1 is 1.04 bits per heavy atom. The van der Waals surface area contributed by atoms with Gasteiger partial charge in [0.1, 0.15) is 11.5 Å². The minimum atomic E-state index is -0.331. The minimum Gasteiger partial charge on any atom is -0.497 e. The van der Waals surface area contributed by atoms with E-state index in [0.29, 0.717) is 17.0 Å². The standard InChI is InChI=1S/C18H17N3O4/c1-11-9-14(24-3)7-8-15(11)16-17(21-25-20-16)19-18(22)12-5-4-6-13(10-12)23-2/h4-10H,1-3H3,(H,19,21,22). The number of hydrogen-bond donors (Lipinski definition) is 1. The molecule has 1 heterocycles. The van der Waals surface area contributed by atoms with E-state index in [9.17, 15) is 4.79 Å². The molecular formula is C18H17N3O4. The second-order valence-electron chi connectivity index (χ2n) is 5.33. The molecule has 1 amide bonds. The van der Waals surface area contributed by atoms with Gasteiger partial charge in [-0.2, -0.15) is 0 Å². The molecule has 1 aromatic heterocycles. The summed E-state index contributed by atoms with van der Waals surface area (Å²) in [5.74, 6) is 1.25. The largest absolute Gasteiger partial charge is 0.497 e. The lowest BCUT2D eigenvalue weighted by atomic mass is 10.1. The van der Waals surface area contributed by atoms with Gasteiger partial charge in [0.05, 0.1) is 14.2 Å². The van der Waals surface area contributed by atoms with E-state index in [0.717, 1.165) is 16.9 Å². The summed E-state index contributed by atoms with van der Waals surface area (Å²) >= 11 is 0. The number of amides is 1. The Balaban J connectivity index is 1.88. The highest BCUT2D eigenvalue weighted by atomic mass is 16.6. The van der Waals surface area contributed by atoms with Gasteiger partial charge in [-0.05, 0) is 59.2 Å². The first-order valence-corrected chi connectivity index (χ1v) is 7.55. The highest BCUT2D eigenvalue weighted by Crippen LogP contribution is 2.30. The molecule has 1 N–H and O–H groups in total. The van der Waals surface area contributed by atoms with Crippen LogP contribution in [-0.4, -0.2) is 30.4 Å². The molecule has 0 fully saturated rings. The number of ether oxygens (including phenoxy) is 2. The van der Waals surface area contributed by atoms with Gasteiger partial charge < -0.3 is 14.8 Å². The fourth-order valence-corrected chi connectivity index (χ4v) is 2.42. The number of benzene rings is 2. The predicted molar refractivity (Wildman–Crippen MR) is 92.0 cm³/mol. The van der Waals surface area contributed by atoms with E-state index in [-0.39, 0.29) is 11.7 Å². The van der Waals surface area contributed by atoms with Gasteiger partial charge in [-0.1, -0.05) is 6.07 Å². The molecule has 0 aliphatic carbocycles. The molecule has 7 nitrogen and oxygen atoms in total. The first-order chi connectivity index (χ1) is 12.1. The van der Waals surface area contributed by atoms with Crippen LogP contribution in [0, 0.1) is 6.92 Å². The van der Waals surface area contributed by atoms with Crippen LogP contribution in [0.4, 0.5) is 5.82 Å². The molecule has 2 aromatic carbocycles. The van der Waals surface area contributed by atoms with Gasteiger partial charge in [-0.25, -0.2) is 4.63 Å². The van der Waals surface area contributed by atoms with Crippen LogP contribution in [0.3, 0.4) is 0 Å². The summed E-state index contributed by atoms with van der Waals surface area (Å²) in [5, 5.41) is 10.4. The van der Waals surface area contributed by atoms with Crippen molar-refractivity contribution in [2.24, 2.45) is 0 Å². The van der Waals surface area contributed by atoms with Crippen LogP contribution in [0.1, 0.15) is 15.9 Å². The topological polar surface area (TPSA) is 86.5 Å². The fourth-order valence-electron chi connectivity index (χ4n) is 2.42. The third kappa shape index (κ3) is 3.45. The van der Waals surface area contributed by atoms with Crippen LogP contribution in [0.25, 0.3) is 11.3 Å². The highest BCUT2D eigenvalue weighted by molar-refractivity contribution is 6.05. The summed E-state index contributed by atoms with van der Waals surface area (Å²) in [6, 6.07) is 12.4. The molecule has 0 aliphatic rings. The summed E-state index contributed by atoms with van der Waals surface area (Å²) in [6.07, 6.45) is 0. The van der Waals surface area contributed by atoms with E-state index in [1.807, 2.05) is 25.1 Å². The third-order valence-corrected chi connectivity index (χ3v) is 3.74. The number of anilines is 1. The number of rotatable bonds is 5. The van der Waals surface area contributed by atoms with Crippen molar-refractivity contribution in [3.63, 3.8) is 0 Å². The normalized spacial score (nSPS) is 10.4. The van der Waals surface area contributed by atoms with Crippen LogP contribution in [-0.2, 0) is 0 Å². The highest BCUT2D eigenvalue weighted by Gasteiger charge is 2.18. The van der Waals surface area contributed by atoms with Crippen molar-refractivity contribution in [2.75, 3.05) is 19.5 Å². The first-order valence-electron chi connectivity index (χ1n) is 7.55. The zero-order valence-electron chi connectivity index (χ0n) is 14.1. The third-order valence-electron chi connectivity index (χ3n) is 3.74. The van der Waals surface area contributed by atoms with Crippen LogP contribution >= 0.6 is 0 Å². The van der Waals surface area contributed by atoms with Crippen LogP contribution in [0.5, 0.6) is 11.5 Å². The molecule has 3 rings (SSSR count). The molecule has 3 aromatic rings. The Morgan fingerprint density at radius 2 is 1.80 bits per heavy atom. The van der Waals surface area contributed by atoms with E-state index in [4.69, 9.17) is 14.1 Å². The van der Waals surface area contributed by atoms with Crippen LogP contribution in [0.2, 0.25) is 0 Å². The van der Waals surface area contributed by atoms with Crippen molar-refractivity contribution in [3.05, 3.63) is 53.6 Å². The maximum absolute atomic E-state index is 12.5. The number of nitrogens with zero attached hydrogens (tertiary/aromatic N) is 2. The number of carbonyl (C=O) groups excluding carboxylic acids is 1. The summed E-state index contributed by atoms with van der Waals surface area (Å²) in [5.41, 5.74) is 2.62. The zero-order valence-corrected chi connectivity index (χ0v) is 14.1. The number of methoxy groups -OCH3 is 2. The van der Waals surface area contributed by atoms with Crippen molar-refractivity contribution < 1.29 is 18.9 Å². The van der Waals surface area contributed by atoms with Crippen LogP contribution < -0.4 is 14.8 Å². The monoisotopic (exact) mass is 339 g/mol. The lowest BCUT2D eigenvalue weighted by Gasteiger charge is -2.08. The van der Waals surface area contributed by atoms with E-state index in [2.05, 4.69) is 15.6 Å². The molecule has 0 atom stereocenters. The number of aryl methyl sites for hydroxylation is 1. The second-order valence-corrected chi connectivity index (χ2v) is 5.33. The summed E-state index contributed by atoms with van der Waals surface area (Å²) in [6.45, 7) is 1.92. The zero-order chi connectivity index (χ0) is 17.8. The molecule has 0 aliphatic heterocycles. The first kappa shape index (κ1) is 16.5. The maximum Gasteiger partial charge on any atom is 0.257 e. The van der Waals surface area contributed by atoms with Gasteiger partial charge in [0.25, 0.3) is 5.91 Å². The van der Waals surface area contributed by atoms with Crippen molar-refractivity contribution in [1.29, 1.82) is 0 Å². The summed E-state index contributed by atoms with van der Waals surface area (Å²) < 4.78 is 15.2. The Bertz CT molecular complexity index is 905. The fraction of sp³-hybridized carbons (Fsp3) is 0.167. The van der Waals surface area contributed by atoms with E-state index in [1.54, 1.807) is 38.5 Å². The Hall–Kier alpha value is -3.35. The molecule has 0 radical (unpaired) electrons. The van der Waals surface area contributed by atoms with E-state index >= 15 is 0 Å². The van der Waals surface area contributed by atoms with Gasteiger partial charge in [0.2, 0.25) is 5.82 Å². The molecule has 7 heteroatoms. The van der Waals surface area contributed by atoms with Gasteiger partial charge in [0, 0.05) is 11.1 Å². The van der Waals surface area contributed by atoms with Crippen molar-refractivity contribution >= 4 is 11.7 Å². The van der Waals surface area contributed by atoms with Crippen LogP contribution in [0.15, 0.2) is 47.1 Å². The molecule has 0 saturated heterocycles. The maximum atomic E-state index is 12.5. The average Bonchev–Trinajstić information content (AvgIpc) is 3.09. The second kappa shape index (κ2) is 7.04. The minimum absolute atomic E-state index is 0.251. The molecular weight excluding hydrogens is 322 g/mol. The molecule has 0 bridgehead atoms. The average molecular weight is 339 g/mol. The van der Waals surface area contributed by atoms with Crippen molar-refractivity contribution in [1.82, 2.24) is 10.3 Å². The Labute approximate surface area is 144 Å². The molecule has 128 valence electrons.